The monoisotopic (exact) mass is 384 g/mol. The van der Waals surface area contributed by atoms with Crippen molar-refractivity contribution >= 4 is 27.3 Å². The highest BCUT2D eigenvalue weighted by molar-refractivity contribution is 7.93. The molecule has 25 heavy (non-hydrogen) atoms. The SMILES string of the molecule is CC1CC(NC(=O)C2(S(=O)(=O)c3ccc(Cl)cc3)CCCC2)CCN1. The molecule has 0 radical (unpaired) electrons. The van der Waals surface area contributed by atoms with Crippen LogP contribution in [-0.4, -0.2) is 37.7 Å². The average molecular weight is 385 g/mol. The fourth-order valence-electron chi connectivity index (χ4n) is 3.98. The van der Waals surface area contributed by atoms with E-state index in [1.807, 2.05) is 0 Å². The fourth-order valence-corrected chi connectivity index (χ4v) is 6.18. The largest absolute Gasteiger partial charge is 0.352 e. The molecule has 2 unspecified atom stereocenters. The lowest BCUT2D eigenvalue weighted by Gasteiger charge is -2.33. The molecule has 1 aliphatic heterocycles. The lowest BCUT2D eigenvalue weighted by Crippen LogP contribution is -2.55. The van der Waals surface area contributed by atoms with Gasteiger partial charge in [0.2, 0.25) is 5.91 Å². The number of amides is 1. The summed E-state index contributed by atoms with van der Waals surface area (Å²) in [4.78, 5) is 13.3. The van der Waals surface area contributed by atoms with E-state index in [-0.39, 0.29) is 16.8 Å². The van der Waals surface area contributed by atoms with Gasteiger partial charge < -0.3 is 10.6 Å². The van der Waals surface area contributed by atoms with Crippen LogP contribution >= 0.6 is 11.6 Å². The van der Waals surface area contributed by atoms with Crippen LogP contribution in [0.15, 0.2) is 29.2 Å². The summed E-state index contributed by atoms with van der Waals surface area (Å²) in [6.45, 7) is 2.91. The molecule has 0 bridgehead atoms. The van der Waals surface area contributed by atoms with Gasteiger partial charge in [-0.3, -0.25) is 4.79 Å². The molecule has 1 heterocycles. The summed E-state index contributed by atoms with van der Waals surface area (Å²) < 4.78 is 25.2. The first-order valence-corrected chi connectivity index (χ1v) is 10.8. The van der Waals surface area contributed by atoms with E-state index in [1.165, 1.54) is 12.1 Å². The van der Waals surface area contributed by atoms with Gasteiger partial charge in [-0.1, -0.05) is 24.4 Å². The summed E-state index contributed by atoms with van der Waals surface area (Å²) in [7, 11) is -3.77. The Bertz CT molecular complexity index is 727. The first-order valence-electron chi connectivity index (χ1n) is 8.90. The van der Waals surface area contributed by atoms with E-state index in [4.69, 9.17) is 11.6 Å². The molecule has 1 saturated heterocycles. The van der Waals surface area contributed by atoms with Crippen LogP contribution in [0.25, 0.3) is 0 Å². The molecule has 2 atom stereocenters. The van der Waals surface area contributed by atoms with Crippen molar-refractivity contribution < 1.29 is 13.2 Å². The molecule has 1 aromatic carbocycles. The van der Waals surface area contributed by atoms with Crippen LogP contribution in [-0.2, 0) is 14.6 Å². The molecule has 2 fully saturated rings. The number of nitrogens with one attached hydrogen (secondary N) is 2. The van der Waals surface area contributed by atoms with E-state index in [1.54, 1.807) is 12.1 Å². The highest BCUT2D eigenvalue weighted by Gasteiger charge is 2.53. The molecule has 1 saturated carbocycles. The van der Waals surface area contributed by atoms with Crippen LogP contribution < -0.4 is 10.6 Å². The Labute approximate surface area is 154 Å². The summed E-state index contributed by atoms with van der Waals surface area (Å²) in [5, 5.41) is 6.86. The molecule has 7 heteroatoms. The Morgan fingerprint density at radius 1 is 1.24 bits per heavy atom. The predicted octanol–water partition coefficient (Wildman–Crippen LogP) is 2.68. The Hall–Kier alpha value is -1.11. The highest BCUT2D eigenvalue weighted by Crippen LogP contribution is 2.41. The standard InChI is InChI=1S/C18H25ClN2O3S/c1-13-12-15(8-11-20-13)21-17(22)18(9-2-3-10-18)25(23,24)16-6-4-14(19)5-7-16/h4-7,13,15,20H,2-3,8-12H2,1H3,(H,21,22). The molecule has 5 nitrogen and oxygen atoms in total. The van der Waals surface area contributed by atoms with E-state index in [0.29, 0.717) is 23.9 Å². The molecule has 2 N–H and O–H groups in total. The van der Waals surface area contributed by atoms with Crippen molar-refractivity contribution in [1.29, 1.82) is 0 Å². The number of piperidine rings is 1. The summed E-state index contributed by atoms with van der Waals surface area (Å²) in [5.41, 5.74) is 0. The minimum absolute atomic E-state index is 0.0293. The van der Waals surface area contributed by atoms with Gasteiger partial charge >= 0.3 is 0 Å². The lowest BCUT2D eigenvalue weighted by atomic mass is 9.98. The quantitative estimate of drug-likeness (QED) is 0.836. The summed E-state index contributed by atoms with van der Waals surface area (Å²) in [6, 6.07) is 6.47. The molecular formula is C18H25ClN2O3S. The maximum absolute atomic E-state index is 13.3. The molecule has 138 valence electrons. The first-order chi connectivity index (χ1) is 11.8. The Morgan fingerprint density at radius 2 is 1.88 bits per heavy atom. The first kappa shape index (κ1) is 18.7. The van der Waals surface area contributed by atoms with Crippen LogP contribution in [0.1, 0.15) is 45.4 Å². The van der Waals surface area contributed by atoms with Crippen molar-refractivity contribution in [3.05, 3.63) is 29.3 Å². The number of carbonyl (C=O) groups is 1. The van der Waals surface area contributed by atoms with Crippen LogP contribution in [0.3, 0.4) is 0 Å². The number of rotatable bonds is 4. The fraction of sp³-hybridized carbons (Fsp3) is 0.611. The van der Waals surface area contributed by atoms with Gasteiger partial charge in [-0.15, -0.1) is 0 Å². The minimum Gasteiger partial charge on any atom is -0.352 e. The molecule has 0 spiro atoms. The molecule has 0 aromatic heterocycles. The zero-order valence-electron chi connectivity index (χ0n) is 14.4. The van der Waals surface area contributed by atoms with Gasteiger partial charge in [-0.25, -0.2) is 8.42 Å². The minimum atomic E-state index is -3.77. The average Bonchev–Trinajstić information content (AvgIpc) is 3.07. The van der Waals surface area contributed by atoms with Gasteiger partial charge in [0.15, 0.2) is 14.6 Å². The topological polar surface area (TPSA) is 75.3 Å². The van der Waals surface area contributed by atoms with Crippen molar-refractivity contribution in [2.75, 3.05) is 6.54 Å². The number of sulfone groups is 1. The predicted molar refractivity (Wildman–Crippen MR) is 98.5 cm³/mol. The number of hydrogen-bond donors (Lipinski definition) is 2. The van der Waals surface area contributed by atoms with Crippen LogP contribution in [0.4, 0.5) is 0 Å². The number of carbonyl (C=O) groups excluding carboxylic acids is 1. The normalized spacial score (nSPS) is 26.3. The maximum Gasteiger partial charge on any atom is 0.242 e. The van der Waals surface area contributed by atoms with Crippen molar-refractivity contribution in [2.24, 2.45) is 0 Å². The Morgan fingerprint density at radius 3 is 2.48 bits per heavy atom. The van der Waals surface area contributed by atoms with Gasteiger partial charge in [0.1, 0.15) is 0 Å². The molecular weight excluding hydrogens is 360 g/mol. The third kappa shape index (κ3) is 3.57. The van der Waals surface area contributed by atoms with E-state index < -0.39 is 14.6 Å². The molecule has 1 aromatic rings. The van der Waals surface area contributed by atoms with Crippen molar-refractivity contribution in [3.63, 3.8) is 0 Å². The third-order valence-corrected chi connectivity index (χ3v) is 8.19. The second-order valence-electron chi connectivity index (χ2n) is 7.21. The van der Waals surface area contributed by atoms with Crippen LogP contribution in [0.5, 0.6) is 0 Å². The van der Waals surface area contributed by atoms with Gasteiger partial charge in [-0.05, 0) is 63.4 Å². The van der Waals surface area contributed by atoms with E-state index in [0.717, 1.165) is 32.2 Å². The summed E-state index contributed by atoms with van der Waals surface area (Å²) >= 11 is 5.88. The smallest absolute Gasteiger partial charge is 0.242 e. The summed E-state index contributed by atoms with van der Waals surface area (Å²) in [5.74, 6) is -0.334. The number of halogens is 1. The van der Waals surface area contributed by atoms with Crippen LogP contribution in [0.2, 0.25) is 5.02 Å². The highest BCUT2D eigenvalue weighted by atomic mass is 35.5. The van der Waals surface area contributed by atoms with Gasteiger partial charge in [0.25, 0.3) is 0 Å². The second kappa shape index (κ2) is 7.25. The zero-order valence-corrected chi connectivity index (χ0v) is 16.0. The van der Waals surface area contributed by atoms with E-state index >= 15 is 0 Å². The van der Waals surface area contributed by atoms with E-state index in [9.17, 15) is 13.2 Å². The van der Waals surface area contributed by atoms with Crippen molar-refractivity contribution in [1.82, 2.24) is 10.6 Å². The van der Waals surface area contributed by atoms with Crippen LogP contribution in [0, 0.1) is 0 Å². The zero-order chi connectivity index (χ0) is 18.1. The van der Waals surface area contributed by atoms with Gasteiger partial charge in [0.05, 0.1) is 4.90 Å². The number of hydrogen-bond acceptors (Lipinski definition) is 4. The van der Waals surface area contributed by atoms with Crippen molar-refractivity contribution in [3.8, 4) is 0 Å². The van der Waals surface area contributed by atoms with Gasteiger partial charge in [0, 0.05) is 17.1 Å². The second-order valence-corrected chi connectivity index (χ2v) is 9.90. The third-order valence-electron chi connectivity index (χ3n) is 5.42. The summed E-state index contributed by atoms with van der Waals surface area (Å²) in [6.07, 6.45) is 3.91. The molecule has 3 rings (SSSR count). The van der Waals surface area contributed by atoms with E-state index in [2.05, 4.69) is 17.6 Å². The lowest BCUT2D eigenvalue weighted by molar-refractivity contribution is -0.124. The molecule has 1 amide bonds. The molecule has 2 aliphatic rings. The maximum atomic E-state index is 13.3. The molecule has 1 aliphatic carbocycles. The van der Waals surface area contributed by atoms with Crippen molar-refractivity contribution in [2.45, 2.75) is 67.2 Å². The Kier molecular flexibility index (Phi) is 5.42. The Balaban J connectivity index is 1.88. The van der Waals surface area contributed by atoms with Gasteiger partial charge in [-0.2, -0.15) is 0 Å². The number of benzene rings is 1.